The first-order chi connectivity index (χ1) is 13.3. The molecule has 0 amide bonds. The SMILES string of the molecule is Clc1cccc(Oc2ccc(-n3c4ccccc4c4ccccc43)cc2)c1. The van der Waals surface area contributed by atoms with Crippen molar-refractivity contribution in [2.75, 3.05) is 0 Å². The summed E-state index contributed by atoms with van der Waals surface area (Å²) in [5, 5.41) is 3.18. The number of ether oxygens (including phenoxy) is 1. The molecule has 0 aliphatic carbocycles. The topological polar surface area (TPSA) is 14.2 Å². The molecule has 0 saturated heterocycles. The second-order valence-electron chi connectivity index (χ2n) is 6.42. The van der Waals surface area contributed by atoms with E-state index in [1.807, 2.05) is 36.4 Å². The molecule has 5 aromatic rings. The minimum absolute atomic E-state index is 0.661. The number of halogens is 1. The lowest BCUT2D eigenvalue weighted by Gasteiger charge is -2.10. The number of hydrogen-bond donors (Lipinski definition) is 0. The smallest absolute Gasteiger partial charge is 0.128 e. The number of fused-ring (bicyclic) bond motifs is 3. The molecule has 0 aliphatic heterocycles. The van der Waals surface area contributed by atoms with Crippen molar-refractivity contribution in [3.05, 3.63) is 102 Å². The number of aromatic nitrogens is 1. The standard InChI is InChI=1S/C24H16ClNO/c25-17-6-5-7-20(16-17)27-19-14-12-18(13-15-19)26-23-10-3-1-8-21(23)22-9-2-4-11-24(22)26/h1-16H. The average molecular weight is 370 g/mol. The van der Waals surface area contributed by atoms with Gasteiger partial charge in [0.25, 0.3) is 0 Å². The van der Waals surface area contributed by atoms with Crippen LogP contribution in [0.5, 0.6) is 11.5 Å². The van der Waals surface area contributed by atoms with Gasteiger partial charge in [-0.15, -0.1) is 0 Å². The summed E-state index contributed by atoms with van der Waals surface area (Å²) in [4.78, 5) is 0. The molecule has 1 aromatic heterocycles. The Labute approximate surface area is 162 Å². The van der Waals surface area contributed by atoms with E-state index in [-0.39, 0.29) is 0 Å². The summed E-state index contributed by atoms with van der Waals surface area (Å²) in [6.45, 7) is 0. The van der Waals surface area contributed by atoms with E-state index in [1.165, 1.54) is 21.8 Å². The van der Waals surface area contributed by atoms with Crippen molar-refractivity contribution >= 4 is 33.4 Å². The van der Waals surface area contributed by atoms with Crippen LogP contribution < -0.4 is 4.74 Å². The Morgan fingerprint density at radius 1 is 0.593 bits per heavy atom. The van der Waals surface area contributed by atoms with Gasteiger partial charge in [0, 0.05) is 21.5 Å². The summed E-state index contributed by atoms with van der Waals surface area (Å²) in [7, 11) is 0. The molecule has 4 aromatic carbocycles. The quantitative estimate of drug-likeness (QED) is 0.327. The van der Waals surface area contributed by atoms with Gasteiger partial charge in [-0.1, -0.05) is 54.1 Å². The average Bonchev–Trinajstić information content (AvgIpc) is 3.03. The predicted molar refractivity (Wildman–Crippen MR) is 112 cm³/mol. The van der Waals surface area contributed by atoms with Crippen LogP contribution in [0.2, 0.25) is 5.02 Å². The summed E-state index contributed by atoms with van der Waals surface area (Å²) in [5.74, 6) is 1.51. The Morgan fingerprint density at radius 2 is 1.22 bits per heavy atom. The minimum atomic E-state index is 0.661. The molecule has 0 spiro atoms. The molecule has 0 fully saturated rings. The van der Waals surface area contributed by atoms with Gasteiger partial charge in [0.05, 0.1) is 11.0 Å². The zero-order chi connectivity index (χ0) is 18.2. The number of para-hydroxylation sites is 2. The van der Waals surface area contributed by atoms with Gasteiger partial charge in [0.1, 0.15) is 11.5 Å². The summed E-state index contributed by atoms with van der Waals surface area (Å²) < 4.78 is 8.20. The van der Waals surface area contributed by atoms with Crippen LogP contribution in [0.25, 0.3) is 27.5 Å². The number of benzene rings is 4. The second-order valence-corrected chi connectivity index (χ2v) is 6.86. The van der Waals surface area contributed by atoms with E-state index in [4.69, 9.17) is 16.3 Å². The maximum atomic E-state index is 6.03. The molecule has 0 atom stereocenters. The van der Waals surface area contributed by atoms with E-state index < -0.39 is 0 Å². The molecular weight excluding hydrogens is 354 g/mol. The Morgan fingerprint density at radius 3 is 1.85 bits per heavy atom. The summed E-state index contributed by atoms with van der Waals surface area (Å²) in [6.07, 6.45) is 0. The molecule has 0 aliphatic rings. The second kappa shape index (κ2) is 6.49. The van der Waals surface area contributed by atoms with Gasteiger partial charge in [-0.2, -0.15) is 0 Å². The molecule has 0 saturated carbocycles. The maximum absolute atomic E-state index is 6.03. The van der Waals surface area contributed by atoms with Crippen LogP contribution in [0.1, 0.15) is 0 Å². The van der Waals surface area contributed by atoms with Crippen LogP contribution in [0.3, 0.4) is 0 Å². The maximum Gasteiger partial charge on any atom is 0.128 e. The van der Waals surface area contributed by atoms with Crippen molar-refractivity contribution in [1.82, 2.24) is 4.57 Å². The van der Waals surface area contributed by atoms with E-state index in [0.29, 0.717) is 5.02 Å². The van der Waals surface area contributed by atoms with Gasteiger partial charge in [-0.05, 0) is 54.6 Å². The third-order valence-corrected chi connectivity index (χ3v) is 4.94. The van der Waals surface area contributed by atoms with E-state index >= 15 is 0 Å². The lowest BCUT2D eigenvalue weighted by atomic mass is 10.2. The largest absolute Gasteiger partial charge is 0.457 e. The zero-order valence-corrected chi connectivity index (χ0v) is 15.2. The predicted octanol–water partition coefficient (Wildman–Crippen LogP) is 7.23. The highest BCUT2D eigenvalue weighted by atomic mass is 35.5. The lowest BCUT2D eigenvalue weighted by Crippen LogP contribution is -1.93. The highest BCUT2D eigenvalue weighted by Crippen LogP contribution is 2.32. The monoisotopic (exact) mass is 369 g/mol. The Kier molecular flexibility index (Phi) is 3.84. The molecule has 0 radical (unpaired) electrons. The minimum Gasteiger partial charge on any atom is -0.457 e. The molecular formula is C24H16ClNO. The van der Waals surface area contributed by atoms with E-state index in [9.17, 15) is 0 Å². The van der Waals surface area contributed by atoms with Crippen molar-refractivity contribution < 1.29 is 4.74 Å². The first-order valence-electron chi connectivity index (χ1n) is 8.82. The molecule has 5 rings (SSSR count). The van der Waals surface area contributed by atoms with Crippen LogP contribution in [0, 0.1) is 0 Å². The molecule has 27 heavy (non-hydrogen) atoms. The molecule has 130 valence electrons. The van der Waals surface area contributed by atoms with E-state index in [1.54, 1.807) is 0 Å². The fourth-order valence-corrected chi connectivity index (χ4v) is 3.71. The van der Waals surface area contributed by atoms with Gasteiger partial charge in [0.2, 0.25) is 0 Å². The summed E-state index contributed by atoms with van der Waals surface area (Å²) in [5.41, 5.74) is 3.50. The third kappa shape index (κ3) is 2.84. The normalized spacial score (nSPS) is 11.1. The van der Waals surface area contributed by atoms with Crippen LogP contribution in [0.15, 0.2) is 97.1 Å². The first kappa shape index (κ1) is 16.0. The fraction of sp³-hybridized carbons (Fsp3) is 0. The highest BCUT2D eigenvalue weighted by molar-refractivity contribution is 6.30. The molecule has 1 heterocycles. The van der Waals surface area contributed by atoms with E-state index in [2.05, 4.69) is 65.2 Å². The summed E-state index contributed by atoms with van der Waals surface area (Å²) >= 11 is 6.03. The Hall–Kier alpha value is -3.23. The fourth-order valence-electron chi connectivity index (χ4n) is 3.53. The summed E-state index contributed by atoms with van der Waals surface area (Å²) in [6, 6.07) is 32.5. The Bertz CT molecular complexity index is 1200. The number of nitrogens with zero attached hydrogens (tertiary/aromatic N) is 1. The molecule has 2 nitrogen and oxygen atoms in total. The van der Waals surface area contributed by atoms with Crippen LogP contribution >= 0.6 is 11.6 Å². The van der Waals surface area contributed by atoms with Crippen LogP contribution in [0.4, 0.5) is 0 Å². The van der Waals surface area contributed by atoms with Crippen molar-refractivity contribution in [3.63, 3.8) is 0 Å². The first-order valence-corrected chi connectivity index (χ1v) is 9.19. The molecule has 0 N–H and O–H groups in total. The molecule has 3 heteroatoms. The highest BCUT2D eigenvalue weighted by Gasteiger charge is 2.11. The van der Waals surface area contributed by atoms with Gasteiger partial charge in [-0.3, -0.25) is 0 Å². The number of rotatable bonds is 3. The van der Waals surface area contributed by atoms with Gasteiger partial charge in [-0.25, -0.2) is 0 Å². The molecule has 0 unspecified atom stereocenters. The van der Waals surface area contributed by atoms with Crippen LogP contribution in [-0.2, 0) is 0 Å². The molecule has 0 bridgehead atoms. The van der Waals surface area contributed by atoms with E-state index in [0.717, 1.165) is 17.2 Å². The zero-order valence-electron chi connectivity index (χ0n) is 14.5. The van der Waals surface area contributed by atoms with Crippen molar-refractivity contribution in [3.8, 4) is 17.2 Å². The lowest BCUT2D eigenvalue weighted by molar-refractivity contribution is 0.482. The van der Waals surface area contributed by atoms with Gasteiger partial charge in [0.15, 0.2) is 0 Å². The van der Waals surface area contributed by atoms with Crippen molar-refractivity contribution in [1.29, 1.82) is 0 Å². The van der Waals surface area contributed by atoms with Crippen molar-refractivity contribution in [2.45, 2.75) is 0 Å². The number of hydrogen-bond acceptors (Lipinski definition) is 1. The van der Waals surface area contributed by atoms with Gasteiger partial charge < -0.3 is 9.30 Å². The van der Waals surface area contributed by atoms with Crippen LogP contribution in [-0.4, -0.2) is 4.57 Å². The van der Waals surface area contributed by atoms with Crippen molar-refractivity contribution in [2.24, 2.45) is 0 Å². The Balaban J connectivity index is 1.59. The van der Waals surface area contributed by atoms with Gasteiger partial charge >= 0.3 is 0 Å². The third-order valence-electron chi connectivity index (χ3n) is 4.71.